The number of hydrogen-bond acceptors (Lipinski definition) is 4. The standard InChI is InChI=1S/C14H18Cl2N2O3S/c1-4-18-12-7-10(16)9(15)6-11(12)17-13(18)14(3,19)8-22(20,21)5-2/h6-7,19H,4-5,8H2,1-3H3. The first kappa shape index (κ1) is 17.5. The summed E-state index contributed by atoms with van der Waals surface area (Å²) >= 11 is 12.0. The number of halogens is 2. The summed E-state index contributed by atoms with van der Waals surface area (Å²) in [5, 5.41) is 11.4. The van der Waals surface area contributed by atoms with Crippen molar-refractivity contribution in [1.29, 1.82) is 0 Å². The van der Waals surface area contributed by atoms with E-state index in [1.165, 1.54) is 6.92 Å². The molecule has 0 spiro atoms. The number of imidazole rings is 1. The summed E-state index contributed by atoms with van der Waals surface area (Å²) in [5.41, 5.74) is -0.315. The van der Waals surface area contributed by atoms with Gasteiger partial charge in [0.2, 0.25) is 0 Å². The highest BCUT2D eigenvalue weighted by molar-refractivity contribution is 7.91. The Labute approximate surface area is 139 Å². The Bertz CT molecular complexity index is 813. The van der Waals surface area contributed by atoms with Crippen LogP contribution in [0.15, 0.2) is 12.1 Å². The average Bonchev–Trinajstić information content (AvgIpc) is 2.77. The molecule has 2 aromatic rings. The summed E-state index contributed by atoms with van der Waals surface area (Å²) in [6, 6.07) is 3.28. The van der Waals surface area contributed by atoms with E-state index < -0.39 is 15.4 Å². The SMILES string of the molecule is CCn1c(C(C)(O)CS(=O)(=O)CC)nc2cc(Cl)c(Cl)cc21. The second-order valence-corrected chi connectivity index (χ2v) is 8.55. The first-order valence-electron chi connectivity index (χ1n) is 6.90. The molecule has 1 N–H and O–H groups in total. The number of benzene rings is 1. The fourth-order valence-electron chi connectivity index (χ4n) is 2.45. The van der Waals surface area contributed by atoms with E-state index in [0.717, 1.165) is 0 Å². The van der Waals surface area contributed by atoms with Crippen molar-refractivity contribution in [3.05, 3.63) is 28.0 Å². The monoisotopic (exact) mass is 364 g/mol. The van der Waals surface area contributed by atoms with Gasteiger partial charge in [-0.1, -0.05) is 30.1 Å². The van der Waals surface area contributed by atoms with Crippen molar-refractivity contribution in [2.75, 3.05) is 11.5 Å². The van der Waals surface area contributed by atoms with E-state index in [4.69, 9.17) is 23.2 Å². The van der Waals surface area contributed by atoms with Gasteiger partial charge in [-0.05, 0) is 26.0 Å². The van der Waals surface area contributed by atoms with Crippen molar-refractivity contribution < 1.29 is 13.5 Å². The minimum absolute atomic E-state index is 0.0346. The Morgan fingerprint density at radius 2 is 1.86 bits per heavy atom. The van der Waals surface area contributed by atoms with Crippen molar-refractivity contribution in [2.45, 2.75) is 32.9 Å². The number of rotatable bonds is 5. The van der Waals surface area contributed by atoms with Gasteiger partial charge >= 0.3 is 0 Å². The zero-order valence-corrected chi connectivity index (χ0v) is 14.9. The van der Waals surface area contributed by atoms with Crippen LogP contribution in [0.3, 0.4) is 0 Å². The van der Waals surface area contributed by atoms with E-state index in [2.05, 4.69) is 4.98 Å². The van der Waals surface area contributed by atoms with E-state index in [1.54, 1.807) is 23.6 Å². The van der Waals surface area contributed by atoms with Gasteiger partial charge in [0.1, 0.15) is 11.4 Å². The van der Waals surface area contributed by atoms with Crippen molar-refractivity contribution in [1.82, 2.24) is 9.55 Å². The minimum Gasteiger partial charge on any atom is -0.381 e. The summed E-state index contributed by atoms with van der Waals surface area (Å²) in [6.07, 6.45) is 0. The highest BCUT2D eigenvalue weighted by Crippen LogP contribution is 2.32. The van der Waals surface area contributed by atoms with Crippen molar-refractivity contribution in [3.8, 4) is 0 Å². The third kappa shape index (κ3) is 3.25. The summed E-state index contributed by atoms with van der Waals surface area (Å²) in [5.74, 6) is -0.130. The van der Waals surface area contributed by atoms with Crippen LogP contribution in [0.4, 0.5) is 0 Å². The molecule has 22 heavy (non-hydrogen) atoms. The Kier molecular flexibility index (Phi) is 4.78. The highest BCUT2D eigenvalue weighted by atomic mass is 35.5. The molecule has 2 rings (SSSR count). The third-order valence-corrected chi connectivity index (χ3v) is 6.13. The van der Waals surface area contributed by atoms with E-state index in [0.29, 0.717) is 33.4 Å². The largest absolute Gasteiger partial charge is 0.381 e. The Balaban J connectivity index is 2.64. The molecule has 0 aliphatic rings. The van der Waals surface area contributed by atoms with Crippen LogP contribution in [0.2, 0.25) is 10.0 Å². The molecule has 0 aliphatic carbocycles. The molecule has 5 nitrogen and oxygen atoms in total. The van der Waals surface area contributed by atoms with Gasteiger partial charge in [0.25, 0.3) is 0 Å². The highest BCUT2D eigenvalue weighted by Gasteiger charge is 2.34. The van der Waals surface area contributed by atoms with Crippen LogP contribution in [-0.2, 0) is 22.0 Å². The third-order valence-electron chi connectivity index (χ3n) is 3.53. The summed E-state index contributed by atoms with van der Waals surface area (Å²) in [6.45, 7) is 5.41. The van der Waals surface area contributed by atoms with Crippen LogP contribution in [0.5, 0.6) is 0 Å². The van der Waals surface area contributed by atoms with Gasteiger partial charge in [-0.25, -0.2) is 13.4 Å². The fourth-order valence-corrected chi connectivity index (χ4v) is 3.95. The molecule has 1 aromatic heterocycles. The van der Waals surface area contributed by atoms with Gasteiger partial charge in [-0.15, -0.1) is 0 Å². The second kappa shape index (κ2) is 6.00. The number of hydrogen-bond donors (Lipinski definition) is 1. The Morgan fingerprint density at radius 3 is 2.41 bits per heavy atom. The van der Waals surface area contributed by atoms with Crippen molar-refractivity contribution >= 4 is 44.1 Å². The Morgan fingerprint density at radius 1 is 1.27 bits per heavy atom. The molecule has 122 valence electrons. The van der Waals surface area contributed by atoms with Crippen LogP contribution in [0, 0.1) is 0 Å². The molecular formula is C14H18Cl2N2O3S. The molecule has 0 fully saturated rings. The lowest BCUT2D eigenvalue weighted by Crippen LogP contribution is -2.35. The molecule has 1 unspecified atom stereocenters. The number of nitrogens with zero attached hydrogens (tertiary/aromatic N) is 2. The molecule has 1 atom stereocenters. The van der Waals surface area contributed by atoms with Crippen LogP contribution in [0.1, 0.15) is 26.6 Å². The normalized spacial score (nSPS) is 15.2. The average molecular weight is 365 g/mol. The van der Waals surface area contributed by atoms with Crippen LogP contribution < -0.4 is 0 Å². The molecule has 0 aliphatic heterocycles. The quantitative estimate of drug-likeness (QED) is 0.884. The van der Waals surface area contributed by atoms with Gasteiger partial charge in [0.15, 0.2) is 9.84 Å². The molecule has 0 amide bonds. The fraction of sp³-hybridized carbons (Fsp3) is 0.500. The van der Waals surface area contributed by atoms with E-state index in [9.17, 15) is 13.5 Å². The smallest absolute Gasteiger partial charge is 0.153 e. The topological polar surface area (TPSA) is 72.2 Å². The first-order valence-corrected chi connectivity index (χ1v) is 9.47. The molecule has 0 saturated carbocycles. The molecule has 1 aromatic carbocycles. The number of sulfone groups is 1. The van der Waals surface area contributed by atoms with Gasteiger partial charge in [0.05, 0.1) is 26.8 Å². The predicted molar refractivity (Wildman–Crippen MR) is 89.3 cm³/mol. The molecular weight excluding hydrogens is 347 g/mol. The molecule has 8 heteroatoms. The van der Waals surface area contributed by atoms with Crippen LogP contribution in [-0.4, -0.2) is 34.6 Å². The molecule has 1 heterocycles. The summed E-state index contributed by atoms with van der Waals surface area (Å²) < 4.78 is 25.5. The van der Waals surface area contributed by atoms with Gasteiger partial charge in [0, 0.05) is 12.3 Å². The minimum atomic E-state index is -3.36. The van der Waals surface area contributed by atoms with Gasteiger partial charge in [-0.3, -0.25) is 0 Å². The maximum absolute atomic E-state index is 11.9. The zero-order valence-electron chi connectivity index (χ0n) is 12.6. The summed E-state index contributed by atoms with van der Waals surface area (Å²) in [4.78, 5) is 4.38. The molecule has 0 radical (unpaired) electrons. The number of fused-ring (bicyclic) bond motifs is 1. The van der Waals surface area contributed by atoms with Crippen LogP contribution >= 0.6 is 23.2 Å². The second-order valence-electron chi connectivity index (χ2n) is 5.39. The predicted octanol–water partition coefficient (Wildman–Crippen LogP) is 3.01. The van der Waals surface area contributed by atoms with Gasteiger partial charge < -0.3 is 9.67 Å². The van der Waals surface area contributed by atoms with E-state index in [-0.39, 0.29) is 11.5 Å². The molecule has 0 bridgehead atoms. The number of aromatic nitrogens is 2. The van der Waals surface area contributed by atoms with Crippen LogP contribution in [0.25, 0.3) is 11.0 Å². The first-order chi connectivity index (χ1) is 10.1. The Hall–Kier alpha value is -0.820. The zero-order chi connectivity index (χ0) is 16.7. The molecule has 0 saturated heterocycles. The lowest BCUT2D eigenvalue weighted by atomic mass is 10.1. The van der Waals surface area contributed by atoms with Crippen molar-refractivity contribution in [2.24, 2.45) is 0 Å². The lowest BCUT2D eigenvalue weighted by molar-refractivity contribution is 0.0688. The maximum Gasteiger partial charge on any atom is 0.153 e. The van der Waals surface area contributed by atoms with E-state index >= 15 is 0 Å². The number of aryl methyl sites for hydroxylation is 1. The maximum atomic E-state index is 11.9. The lowest BCUT2D eigenvalue weighted by Gasteiger charge is -2.23. The van der Waals surface area contributed by atoms with Crippen molar-refractivity contribution in [3.63, 3.8) is 0 Å². The summed E-state index contributed by atoms with van der Waals surface area (Å²) in [7, 11) is -3.36. The number of aliphatic hydroxyl groups is 1. The van der Waals surface area contributed by atoms with E-state index in [1.807, 2.05) is 6.92 Å². The van der Waals surface area contributed by atoms with Gasteiger partial charge in [-0.2, -0.15) is 0 Å².